The molecule has 2 aromatic rings. The molecule has 0 aliphatic carbocycles. The molecular formula is C19H20FNO5. The zero-order valence-electron chi connectivity index (χ0n) is 14.4. The van der Waals surface area contributed by atoms with Gasteiger partial charge in [-0.3, -0.25) is 4.79 Å². The van der Waals surface area contributed by atoms with Crippen molar-refractivity contribution in [1.29, 1.82) is 0 Å². The lowest BCUT2D eigenvalue weighted by Gasteiger charge is -2.16. The Morgan fingerprint density at radius 2 is 1.92 bits per heavy atom. The van der Waals surface area contributed by atoms with Crippen molar-refractivity contribution in [2.75, 3.05) is 5.32 Å². The summed E-state index contributed by atoms with van der Waals surface area (Å²) in [4.78, 5) is 23.4. The number of carboxylic acid groups (broad SMARTS) is 1. The summed E-state index contributed by atoms with van der Waals surface area (Å²) < 4.78 is 18.8. The highest BCUT2D eigenvalue weighted by Crippen LogP contribution is 2.28. The molecule has 1 amide bonds. The van der Waals surface area contributed by atoms with Gasteiger partial charge < -0.3 is 20.3 Å². The number of hydrogen-bond acceptors (Lipinski definition) is 4. The van der Waals surface area contributed by atoms with Gasteiger partial charge in [-0.1, -0.05) is 12.1 Å². The molecule has 6 nitrogen and oxygen atoms in total. The average Bonchev–Trinajstić information content (AvgIpc) is 2.55. The highest BCUT2D eigenvalue weighted by molar-refractivity contribution is 5.95. The van der Waals surface area contributed by atoms with Crippen LogP contribution >= 0.6 is 0 Å². The van der Waals surface area contributed by atoms with Gasteiger partial charge in [-0.2, -0.15) is 0 Å². The van der Waals surface area contributed by atoms with Crippen molar-refractivity contribution in [3.05, 3.63) is 59.4 Å². The maximum absolute atomic E-state index is 13.2. The molecule has 7 heteroatoms. The Balaban J connectivity index is 2.16. The Kier molecular flexibility index (Phi) is 6.30. The van der Waals surface area contributed by atoms with Crippen molar-refractivity contribution in [2.45, 2.75) is 32.5 Å². The van der Waals surface area contributed by atoms with E-state index in [9.17, 15) is 19.1 Å². The second-order valence-electron chi connectivity index (χ2n) is 6.01. The smallest absolute Gasteiger partial charge is 0.335 e. The van der Waals surface area contributed by atoms with Gasteiger partial charge in [0.2, 0.25) is 5.91 Å². The molecule has 0 saturated carbocycles. The summed E-state index contributed by atoms with van der Waals surface area (Å²) in [6, 6.07) is 9.46. The van der Waals surface area contributed by atoms with E-state index in [-0.39, 0.29) is 29.3 Å². The van der Waals surface area contributed by atoms with Crippen LogP contribution in [0.4, 0.5) is 10.1 Å². The normalized spacial score (nSPS) is 11.9. The molecule has 26 heavy (non-hydrogen) atoms. The first-order valence-electron chi connectivity index (χ1n) is 8.03. The molecule has 0 spiro atoms. The first-order chi connectivity index (χ1) is 12.3. The van der Waals surface area contributed by atoms with Crippen LogP contribution in [0.5, 0.6) is 5.75 Å². The molecule has 0 heterocycles. The Morgan fingerprint density at radius 3 is 2.54 bits per heavy atom. The molecule has 0 saturated heterocycles. The number of ether oxygens (including phenoxy) is 1. The minimum Gasteiger partial charge on any atom is -0.489 e. The van der Waals surface area contributed by atoms with Crippen molar-refractivity contribution in [3.8, 4) is 5.75 Å². The Bertz CT molecular complexity index is 806. The minimum absolute atomic E-state index is 0.0120. The van der Waals surface area contributed by atoms with E-state index in [1.807, 2.05) is 0 Å². The third-order valence-corrected chi connectivity index (χ3v) is 3.48. The third-order valence-electron chi connectivity index (χ3n) is 3.48. The van der Waals surface area contributed by atoms with Gasteiger partial charge in [-0.15, -0.1) is 0 Å². The lowest BCUT2D eigenvalue weighted by Crippen LogP contribution is -2.17. The summed E-state index contributed by atoms with van der Waals surface area (Å²) in [5.74, 6) is -1.89. The zero-order valence-corrected chi connectivity index (χ0v) is 14.4. The number of anilines is 1. The molecule has 0 radical (unpaired) electrons. The first-order valence-corrected chi connectivity index (χ1v) is 8.03. The summed E-state index contributed by atoms with van der Waals surface area (Å²) in [6.07, 6.45) is -1.69. The second kappa shape index (κ2) is 8.44. The van der Waals surface area contributed by atoms with E-state index in [1.165, 1.54) is 36.4 Å². The number of aromatic carboxylic acids is 1. The van der Waals surface area contributed by atoms with E-state index < -0.39 is 23.8 Å². The van der Waals surface area contributed by atoms with E-state index in [1.54, 1.807) is 13.8 Å². The topological polar surface area (TPSA) is 95.9 Å². The molecule has 0 bridgehead atoms. The minimum atomic E-state index is -1.19. The van der Waals surface area contributed by atoms with Crippen LogP contribution < -0.4 is 10.1 Å². The number of rotatable bonds is 7. The van der Waals surface area contributed by atoms with Crippen molar-refractivity contribution in [3.63, 3.8) is 0 Å². The van der Waals surface area contributed by atoms with Crippen LogP contribution in [0.15, 0.2) is 42.5 Å². The Labute approximate surface area is 150 Å². The number of carboxylic acids is 1. The molecule has 1 unspecified atom stereocenters. The summed E-state index contributed by atoms with van der Waals surface area (Å²) >= 11 is 0. The van der Waals surface area contributed by atoms with Gasteiger partial charge in [0.15, 0.2) is 0 Å². The van der Waals surface area contributed by atoms with Crippen LogP contribution in [0.2, 0.25) is 0 Å². The van der Waals surface area contributed by atoms with Crippen LogP contribution in [-0.4, -0.2) is 28.2 Å². The van der Waals surface area contributed by atoms with Crippen molar-refractivity contribution < 1.29 is 28.9 Å². The molecule has 2 rings (SSSR count). The zero-order chi connectivity index (χ0) is 19.3. The monoisotopic (exact) mass is 361 g/mol. The number of aliphatic hydroxyl groups excluding tert-OH is 1. The molecular weight excluding hydrogens is 341 g/mol. The lowest BCUT2D eigenvalue weighted by molar-refractivity contribution is -0.118. The lowest BCUT2D eigenvalue weighted by atomic mass is 10.1. The van der Waals surface area contributed by atoms with Crippen molar-refractivity contribution in [1.82, 2.24) is 0 Å². The predicted molar refractivity (Wildman–Crippen MR) is 93.8 cm³/mol. The highest BCUT2D eigenvalue weighted by atomic mass is 19.1. The summed E-state index contributed by atoms with van der Waals surface area (Å²) in [7, 11) is 0. The van der Waals surface area contributed by atoms with Gasteiger partial charge in [0.1, 0.15) is 11.6 Å². The standard InChI is InChI=1S/C19H20FNO5/c1-11(2)26-17-7-6-13(19(24)25)9-15(17)21-18(23)10-16(22)12-4-3-5-14(20)8-12/h3-9,11,16,22H,10H2,1-2H3,(H,21,23)(H,24,25). The largest absolute Gasteiger partial charge is 0.489 e. The van der Waals surface area contributed by atoms with E-state index >= 15 is 0 Å². The predicted octanol–water partition coefficient (Wildman–Crippen LogP) is 3.37. The summed E-state index contributed by atoms with van der Waals surface area (Å²) in [6.45, 7) is 3.59. The van der Waals surface area contributed by atoms with Crippen molar-refractivity contribution >= 4 is 17.6 Å². The maximum Gasteiger partial charge on any atom is 0.335 e. The average molecular weight is 361 g/mol. The number of aliphatic hydroxyl groups is 1. The van der Waals surface area contributed by atoms with E-state index in [4.69, 9.17) is 9.84 Å². The van der Waals surface area contributed by atoms with Crippen LogP contribution in [0.25, 0.3) is 0 Å². The van der Waals surface area contributed by atoms with Gasteiger partial charge in [0.25, 0.3) is 0 Å². The van der Waals surface area contributed by atoms with Crippen LogP contribution in [-0.2, 0) is 4.79 Å². The van der Waals surface area contributed by atoms with Gasteiger partial charge in [-0.25, -0.2) is 9.18 Å². The molecule has 0 aromatic heterocycles. The fourth-order valence-electron chi connectivity index (χ4n) is 2.33. The fourth-order valence-corrected chi connectivity index (χ4v) is 2.33. The van der Waals surface area contributed by atoms with Crippen LogP contribution in [0.3, 0.4) is 0 Å². The summed E-state index contributed by atoms with van der Waals surface area (Å²) in [5.41, 5.74) is 0.454. The first kappa shape index (κ1) is 19.4. The quantitative estimate of drug-likeness (QED) is 0.703. The Hall–Kier alpha value is -2.93. The number of carbonyl (C=O) groups excluding carboxylic acids is 1. The molecule has 138 valence electrons. The van der Waals surface area contributed by atoms with Gasteiger partial charge in [-0.05, 0) is 49.7 Å². The molecule has 3 N–H and O–H groups in total. The Morgan fingerprint density at radius 1 is 1.19 bits per heavy atom. The van der Waals surface area contributed by atoms with E-state index in [2.05, 4.69) is 5.32 Å². The van der Waals surface area contributed by atoms with Gasteiger partial charge in [0, 0.05) is 0 Å². The van der Waals surface area contributed by atoms with E-state index in [0.717, 1.165) is 6.07 Å². The second-order valence-corrected chi connectivity index (χ2v) is 6.01. The molecule has 0 aliphatic heterocycles. The summed E-state index contributed by atoms with van der Waals surface area (Å²) in [5, 5.41) is 21.8. The van der Waals surface area contributed by atoms with Gasteiger partial charge >= 0.3 is 5.97 Å². The highest BCUT2D eigenvalue weighted by Gasteiger charge is 2.17. The van der Waals surface area contributed by atoms with Crippen molar-refractivity contribution in [2.24, 2.45) is 0 Å². The molecule has 0 fully saturated rings. The number of halogens is 1. The third kappa shape index (κ3) is 5.29. The number of hydrogen-bond donors (Lipinski definition) is 3. The SMILES string of the molecule is CC(C)Oc1ccc(C(=O)O)cc1NC(=O)CC(O)c1cccc(F)c1. The fraction of sp³-hybridized carbons (Fsp3) is 0.263. The van der Waals surface area contributed by atoms with Gasteiger partial charge in [0.05, 0.1) is 29.9 Å². The molecule has 0 aliphatic rings. The van der Waals surface area contributed by atoms with E-state index in [0.29, 0.717) is 5.75 Å². The number of nitrogens with one attached hydrogen (secondary N) is 1. The molecule has 1 atom stereocenters. The number of benzene rings is 2. The number of carbonyl (C=O) groups is 2. The number of amides is 1. The van der Waals surface area contributed by atoms with Crippen LogP contribution in [0.1, 0.15) is 42.3 Å². The maximum atomic E-state index is 13.2. The van der Waals surface area contributed by atoms with Crippen LogP contribution in [0, 0.1) is 5.82 Å². The molecule has 2 aromatic carbocycles.